The first-order valence-corrected chi connectivity index (χ1v) is 7.98. The molecule has 1 saturated carbocycles. The average Bonchev–Trinajstić information content (AvgIpc) is 3.11. The van der Waals surface area contributed by atoms with Crippen LogP contribution in [0.1, 0.15) is 23.3 Å². The van der Waals surface area contributed by atoms with Crippen LogP contribution in [0.25, 0.3) is 10.6 Å². The van der Waals surface area contributed by atoms with E-state index in [9.17, 15) is 9.90 Å². The number of benzene rings is 1. The highest BCUT2D eigenvalue weighted by atomic mass is 35.5. The summed E-state index contributed by atoms with van der Waals surface area (Å²) in [7, 11) is 0. The summed E-state index contributed by atoms with van der Waals surface area (Å²) in [6.07, 6.45) is 1.93. The Bertz CT molecular complexity index is 667. The van der Waals surface area contributed by atoms with Crippen LogP contribution in [-0.4, -0.2) is 29.1 Å². The monoisotopic (exact) mass is 322 g/mol. The summed E-state index contributed by atoms with van der Waals surface area (Å²) in [4.78, 5) is 16.4. The van der Waals surface area contributed by atoms with Crippen molar-refractivity contribution in [1.29, 1.82) is 0 Å². The van der Waals surface area contributed by atoms with E-state index in [1.165, 1.54) is 11.3 Å². The molecule has 0 saturated heterocycles. The van der Waals surface area contributed by atoms with Gasteiger partial charge >= 0.3 is 0 Å². The van der Waals surface area contributed by atoms with Gasteiger partial charge in [0, 0.05) is 27.9 Å². The number of rotatable bonds is 5. The summed E-state index contributed by atoms with van der Waals surface area (Å²) in [6, 6.07) is 7.40. The van der Waals surface area contributed by atoms with Gasteiger partial charge < -0.3 is 10.4 Å². The van der Waals surface area contributed by atoms with Crippen LogP contribution in [0.3, 0.4) is 0 Å². The molecule has 1 aliphatic carbocycles. The van der Waals surface area contributed by atoms with Gasteiger partial charge in [-0.1, -0.05) is 23.7 Å². The van der Waals surface area contributed by atoms with Crippen molar-refractivity contribution in [2.45, 2.75) is 12.8 Å². The van der Waals surface area contributed by atoms with Crippen LogP contribution in [0.2, 0.25) is 5.02 Å². The minimum atomic E-state index is -0.195. The maximum absolute atomic E-state index is 12.1. The molecular weight excluding hydrogens is 308 g/mol. The predicted octanol–water partition coefficient (Wildman–Crippen LogP) is 2.97. The smallest absolute Gasteiger partial charge is 0.270 e. The Morgan fingerprint density at radius 1 is 1.48 bits per heavy atom. The van der Waals surface area contributed by atoms with Crippen molar-refractivity contribution in [3.8, 4) is 10.6 Å². The Kier molecular flexibility index (Phi) is 3.97. The van der Waals surface area contributed by atoms with Crippen LogP contribution in [0.4, 0.5) is 0 Å². The molecule has 1 amide bonds. The van der Waals surface area contributed by atoms with E-state index < -0.39 is 0 Å². The number of hydrogen-bond acceptors (Lipinski definition) is 4. The number of hydrogen-bond donors (Lipinski definition) is 2. The van der Waals surface area contributed by atoms with Crippen LogP contribution < -0.4 is 5.32 Å². The van der Waals surface area contributed by atoms with Crippen molar-refractivity contribution in [1.82, 2.24) is 10.3 Å². The standard InChI is InChI=1S/C15H15ClN2O2S/c16-11-3-1-2-10(6-11)14-18-12(7-21-14)13(20)17-8-15(9-19)4-5-15/h1-3,6-7,19H,4-5,8-9H2,(H,17,20). The highest BCUT2D eigenvalue weighted by Gasteiger charge is 2.42. The summed E-state index contributed by atoms with van der Waals surface area (Å²) in [5.74, 6) is -0.195. The number of nitrogens with one attached hydrogen (secondary N) is 1. The van der Waals surface area contributed by atoms with Crippen LogP contribution in [0.15, 0.2) is 29.6 Å². The Morgan fingerprint density at radius 2 is 2.29 bits per heavy atom. The lowest BCUT2D eigenvalue weighted by Crippen LogP contribution is -2.32. The molecular formula is C15H15ClN2O2S. The molecule has 6 heteroatoms. The highest BCUT2D eigenvalue weighted by Crippen LogP contribution is 2.44. The quantitative estimate of drug-likeness (QED) is 0.889. The number of aliphatic hydroxyl groups is 1. The number of nitrogens with zero attached hydrogens (tertiary/aromatic N) is 1. The Morgan fingerprint density at radius 3 is 2.95 bits per heavy atom. The minimum Gasteiger partial charge on any atom is -0.396 e. The second-order valence-electron chi connectivity index (χ2n) is 5.39. The average molecular weight is 323 g/mol. The normalized spacial score (nSPS) is 15.7. The molecule has 1 aromatic carbocycles. The van der Waals surface area contributed by atoms with Gasteiger partial charge in [0.15, 0.2) is 0 Å². The molecule has 3 rings (SSSR count). The Labute approximate surface area is 131 Å². The first-order valence-electron chi connectivity index (χ1n) is 6.72. The van der Waals surface area contributed by atoms with Gasteiger partial charge in [0.25, 0.3) is 5.91 Å². The van der Waals surface area contributed by atoms with E-state index in [1.54, 1.807) is 11.4 Å². The van der Waals surface area contributed by atoms with Crippen LogP contribution in [-0.2, 0) is 0 Å². The lowest BCUT2D eigenvalue weighted by Gasteiger charge is -2.11. The minimum absolute atomic E-state index is 0.0958. The van der Waals surface area contributed by atoms with E-state index in [2.05, 4.69) is 10.3 Å². The summed E-state index contributed by atoms with van der Waals surface area (Å²) in [6.45, 7) is 0.629. The van der Waals surface area contributed by atoms with Gasteiger partial charge in [0.2, 0.25) is 0 Å². The first-order chi connectivity index (χ1) is 10.1. The highest BCUT2D eigenvalue weighted by molar-refractivity contribution is 7.13. The van der Waals surface area contributed by atoms with Gasteiger partial charge in [-0.15, -0.1) is 11.3 Å². The number of thiazole rings is 1. The van der Waals surface area contributed by atoms with Gasteiger partial charge in [0.05, 0.1) is 6.61 Å². The molecule has 21 heavy (non-hydrogen) atoms. The lowest BCUT2D eigenvalue weighted by molar-refractivity contribution is 0.0931. The van der Waals surface area contributed by atoms with Crippen molar-refractivity contribution in [3.05, 3.63) is 40.4 Å². The number of amides is 1. The molecule has 0 atom stereocenters. The summed E-state index contributed by atoms with van der Waals surface area (Å²) < 4.78 is 0. The second-order valence-corrected chi connectivity index (χ2v) is 6.68. The van der Waals surface area contributed by atoms with Crippen LogP contribution >= 0.6 is 22.9 Å². The van der Waals surface area contributed by atoms with E-state index in [4.69, 9.17) is 11.6 Å². The van der Waals surface area contributed by atoms with Gasteiger partial charge in [-0.3, -0.25) is 4.79 Å². The maximum Gasteiger partial charge on any atom is 0.270 e. The van der Waals surface area contributed by atoms with Crippen molar-refractivity contribution < 1.29 is 9.90 Å². The van der Waals surface area contributed by atoms with E-state index in [0.29, 0.717) is 17.3 Å². The predicted molar refractivity (Wildman–Crippen MR) is 83.6 cm³/mol. The molecule has 1 heterocycles. The zero-order valence-corrected chi connectivity index (χ0v) is 12.9. The van der Waals surface area contributed by atoms with E-state index in [1.807, 2.05) is 18.2 Å². The van der Waals surface area contributed by atoms with Gasteiger partial charge in [-0.25, -0.2) is 4.98 Å². The van der Waals surface area contributed by atoms with Crippen molar-refractivity contribution in [3.63, 3.8) is 0 Å². The zero-order valence-electron chi connectivity index (χ0n) is 11.3. The molecule has 4 nitrogen and oxygen atoms in total. The summed E-state index contributed by atoms with van der Waals surface area (Å²) in [5.41, 5.74) is 1.21. The van der Waals surface area contributed by atoms with E-state index >= 15 is 0 Å². The molecule has 0 unspecified atom stereocenters. The van der Waals surface area contributed by atoms with Crippen LogP contribution in [0.5, 0.6) is 0 Å². The van der Waals surface area contributed by atoms with Gasteiger partial charge in [-0.2, -0.15) is 0 Å². The fraction of sp³-hybridized carbons (Fsp3) is 0.333. The largest absolute Gasteiger partial charge is 0.396 e. The topological polar surface area (TPSA) is 62.2 Å². The van der Waals surface area contributed by atoms with Gasteiger partial charge in [0.1, 0.15) is 10.7 Å². The fourth-order valence-electron chi connectivity index (χ4n) is 2.06. The first kappa shape index (κ1) is 14.5. The third kappa shape index (κ3) is 3.26. The van der Waals surface area contributed by atoms with Crippen LogP contribution in [0, 0.1) is 5.41 Å². The zero-order chi connectivity index (χ0) is 14.9. The number of aliphatic hydroxyl groups excluding tert-OH is 1. The SMILES string of the molecule is O=C(NCC1(CO)CC1)c1csc(-c2cccc(Cl)c2)n1. The molecule has 2 aromatic rings. The molecule has 1 aliphatic rings. The van der Waals surface area contributed by atoms with Crippen molar-refractivity contribution in [2.24, 2.45) is 5.41 Å². The molecule has 2 N–H and O–H groups in total. The molecule has 1 aromatic heterocycles. The molecule has 0 aliphatic heterocycles. The Balaban J connectivity index is 1.68. The Hall–Kier alpha value is -1.43. The summed E-state index contributed by atoms with van der Waals surface area (Å²) in [5, 5.41) is 15.2. The number of carbonyl (C=O) groups excluding carboxylic acids is 1. The third-order valence-electron chi connectivity index (χ3n) is 3.72. The van der Waals surface area contributed by atoms with E-state index in [0.717, 1.165) is 23.4 Å². The van der Waals surface area contributed by atoms with E-state index in [-0.39, 0.29) is 17.9 Å². The lowest BCUT2D eigenvalue weighted by atomic mass is 10.1. The summed E-state index contributed by atoms with van der Waals surface area (Å²) >= 11 is 7.38. The third-order valence-corrected chi connectivity index (χ3v) is 4.85. The molecule has 0 radical (unpaired) electrons. The van der Waals surface area contributed by atoms with Crippen molar-refractivity contribution >= 4 is 28.8 Å². The van der Waals surface area contributed by atoms with Crippen molar-refractivity contribution in [2.75, 3.05) is 13.2 Å². The maximum atomic E-state index is 12.1. The molecule has 0 spiro atoms. The molecule has 0 bridgehead atoms. The molecule has 110 valence electrons. The fourth-order valence-corrected chi connectivity index (χ4v) is 3.05. The van der Waals surface area contributed by atoms with Gasteiger partial charge in [-0.05, 0) is 25.0 Å². The number of carbonyl (C=O) groups is 1. The number of halogens is 1. The second kappa shape index (κ2) is 5.75. The molecule has 1 fully saturated rings. The number of aromatic nitrogens is 1.